The van der Waals surface area contributed by atoms with Gasteiger partial charge in [0.25, 0.3) is 0 Å². The van der Waals surface area contributed by atoms with Crippen molar-refractivity contribution in [1.82, 2.24) is 0 Å². The third-order valence-corrected chi connectivity index (χ3v) is 4.60. The molecule has 144 valence electrons. The Morgan fingerprint density at radius 2 is 1.64 bits per heavy atom. The topological polar surface area (TPSA) is 18.5 Å². The molecule has 0 spiro atoms. The van der Waals surface area contributed by atoms with Crippen LogP contribution in [-0.2, 0) is 15.9 Å². The van der Waals surface area contributed by atoms with E-state index in [9.17, 15) is 4.39 Å². The summed E-state index contributed by atoms with van der Waals surface area (Å²) in [6, 6.07) is 6.91. The molecular weight excluding hydrogens is 315 g/mol. The molecule has 0 aliphatic rings. The average Bonchev–Trinajstić information content (AvgIpc) is 2.60. The molecule has 1 aromatic rings. The van der Waals surface area contributed by atoms with E-state index in [0.717, 1.165) is 31.2 Å². The van der Waals surface area contributed by atoms with Crippen LogP contribution in [0.15, 0.2) is 24.3 Å². The van der Waals surface area contributed by atoms with Crippen LogP contribution in [0.3, 0.4) is 0 Å². The molecule has 0 N–H and O–H groups in total. The fourth-order valence-electron chi connectivity index (χ4n) is 3.09. The number of halogens is 1. The highest BCUT2D eigenvalue weighted by molar-refractivity contribution is 5.16. The molecule has 3 heteroatoms. The second kappa shape index (κ2) is 15.3. The fourth-order valence-corrected chi connectivity index (χ4v) is 3.09. The lowest BCUT2D eigenvalue weighted by Gasteiger charge is -2.18. The third kappa shape index (κ3) is 12.1. The van der Waals surface area contributed by atoms with Gasteiger partial charge in [0.05, 0.1) is 6.10 Å². The molecule has 1 rings (SSSR count). The second-order valence-corrected chi connectivity index (χ2v) is 6.83. The van der Waals surface area contributed by atoms with Gasteiger partial charge in [0, 0.05) is 6.61 Å². The number of hydrogen-bond donors (Lipinski definition) is 0. The monoisotopic (exact) mass is 352 g/mol. The van der Waals surface area contributed by atoms with Crippen LogP contribution in [0, 0.1) is 5.82 Å². The summed E-state index contributed by atoms with van der Waals surface area (Å²) in [5.41, 5.74) is 1.07. The van der Waals surface area contributed by atoms with E-state index in [4.69, 9.17) is 9.47 Å². The van der Waals surface area contributed by atoms with E-state index >= 15 is 0 Å². The van der Waals surface area contributed by atoms with Crippen molar-refractivity contribution >= 4 is 0 Å². The Morgan fingerprint density at radius 3 is 2.36 bits per heavy atom. The van der Waals surface area contributed by atoms with E-state index in [1.54, 1.807) is 12.1 Å². The van der Waals surface area contributed by atoms with Gasteiger partial charge in [0.1, 0.15) is 12.6 Å². The first-order valence-electron chi connectivity index (χ1n) is 10.2. The molecule has 0 saturated heterocycles. The maximum absolute atomic E-state index is 13.2. The molecule has 0 amide bonds. The molecule has 25 heavy (non-hydrogen) atoms. The highest BCUT2D eigenvalue weighted by Crippen LogP contribution is 2.16. The molecule has 1 atom stereocenters. The number of rotatable bonds is 16. The van der Waals surface area contributed by atoms with Crippen LogP contribution in [0.1, 0.15) is 83.6 Å². The van der Waals surface area contributed by atoms with Gasteiger partial charge in [-0.1, -0.05) is 64.0 Å². The van der Waals surface area contributed by atoms with E-state index in [2.05, 4.69) is 6.92 Å². The van der Waals surface area contributed by atoms with E-state index < -0.39 is 0 Å². The first kappa shape index (κ1) is 22.1. The van der Waals surface area contributed by atoms with E-state index in [1.165, 1.54) is 51.0 Å². The lowest BCUT2D eigenvalue weighted by atomic mass is 10.0. The number of unbranched alkanes of at least 4 members (excludes halogenated alkanes) is 6. The van der Waals surface area contributed by atoms with Crippen molar-refractivity contribution in [3.63, 3.8) is 0 Å². The van der Waals surface area contributed by atoms with Crippen LogP contribution < -0.4 is 0 Å². The highest BCUT2D eigenvalue weighted by atomic mass is 19.1. The van der Waals surface area contributed by atoms with Gasteiger partial charge in [-0.25, -0.2) is 4.39 Å². The average molecular weight is 353 g/mol. The molecule has 0 aromatic heterocycles. The van der Waals surface area contributed by atoms with Gasteiger partial charge in [-0.05, 0) is 50.3 Å². The highest BCUT2D eigenvalue weighted by Gasteiger charge is 2.09. The molecule has 0 saturated carbocycles. The summed E-state index contributed by atoms with van der Waals surface area (Å²) in [6.45, 7) is 5.31. The molecular formula is C22H37FO2. The van der Waals surface area contributed by atoms with Crippen LogP contribution in [0.5, 0.6) is 0 Å². The Kier molecular flexibility index (Phi) is 13.6. The van der Waals surface area contributed by atoms with Crippen LogP contribution in [-0.4, -0.2) is 19.5 Å². The van der Waals surface area contributed by atoms with Crippen LogP contribution in [0.2, 0.25) is 0 Å². The number of aryl methyl sites for hydroxylation is 1. The summed E-state index contributed by atoms with van der Waals surface area (Å²) in [6.07, 6.45) is 13.6. The van der Waals surface area contributed by atoms with Gasteiger partial charge >= 0.3 is 0 Å². The molecule has 1 unspecified atom stereocenters. The molecule has 0 aliphatic heterocycles. The standard InChI is InChI=1S/C22H37FO2/c1-3-5-6-7-8-9-10-16-22(25-19-24-4-2)17-12-14-20-13-11-15-21(23)18-20/h11,13,15,18,22H,3-10,12,14,16-17,19H2,1-2H3. The van der Waals surface area contributed by atoms with Crippen molar-refractivity contribution in [3.05, 3.63) is 35.6 Å². The first-order valence-corrected chi connectivity index (χ1v) is 10.2. The van der Waals surface area contributed by atoms with Crippen molar-refractivity contribution < 1.29 is 13.9 Å². The minimum Gasteiger partial charge on any atom is -0.356 e. The van der Waals surface area contributed by atoms with E-state index in [1.807, 2.05) is 13.0 Å². The summed E-state index contributed by atoms with van der Waals surface area (Å²) in [5, 5.41) is 0. The van der Waals surface area contributed by atoms with Gasteiger partial charge in [-0.15, -0.1) is 0 Å². The maximum atomic E-state index is 13.2. The Balaban J connectivity index is 2.21. The number of hydrogen-bond acceptors (Lipinski definition) is 2. The molecule has 0 heterocycles. The minimum atomic E-state index is -0.148. The summed E-state index contributed by atoms with van der Waals surface area (Å²) >= 11 is 0. The van der Waals surface area contributed by atoms with Crippen LogP contribution >= 0.6 is 0 Å². The van der Waals surface area contributed by atoms with Gasteiger partial charge in [-0.2, -0.15) is 0 Å². The maximum Gasteiger partial charge on any atom is 0.147 e. The molecule has 0 radical (unpaired) electrons. The van der Waals surface area contributed by atoms with Crippen LogP contribution in [0.4, 0.5) is 4.39 Å². The van der Waals surface area contributed by atoms with Gasteiger partial charge in [0.15, 0.2) is 0 Å². The predicted molar refractivity (Wildman–Crippen MR) is 103 cm³/mol. The zero-order valence-corrected chi connectivity index (χ0v) is 16.3. The zero-order chi connectivity index (χ0) is 18.2. The normalized spacial score (nSPS) is 12.4. The summed E-state index contributed by atoms with van der Waals surface area (Å²) in [7, 11) is 0. The van der Waals surface area contributed by atoms with Crippen molar-refractivity contribution in [2.24, 2.45) is 0 Å². The number of benzene rings is 1. The van der Waals surface area contributed by atoms with E-state index in [0.29, 0.717) is 13.4 Å². The Morgan fingerprint density at radius 1 is 0.920 bits per heavy atom. The SMILES string of the molecule is CCCCCCCCCC(CCCc1cccc(F)c1)OCOCC. The Hall–Kier alpha value is -0.930. The lowest BCUT2D eigenvalue weighted by Crippen LogP contribution is -2.16. The van der Waals surface area contributed by atoms with Crippen molar-refractivity contribution in [2.45, 2.75) is 90.6 Å². The lowest BCUT2D eigenvalue weighted by molar-refractivity contribution is -0.0912. The van der Waals surface area contributed by atoms with Crippen molar-refractivity contribution in [1.29, 1.82) is 0 Å². The fraction of sp³-hybridized carbons (Fsp3) is 0.727. The summed E-state index contributed by atoms with van der Waals surface area (Å²) in [5.74, 6) is -0.148. The number of ether oxygens (including phenoxy) is 2. The summed E-state index contributed by atoms with van der Waals surface area (Å²) < 4.78 is 24.5. The van der Waals surface area contributed by atoms with Crippen LogP contribution in [0.25, 0.3) is 0 Å². The Labute approximate surface area is 154 Å². The van der Waals surface area contributed by atoms with Crippen molar-refractivity contribution in [2.75, 3.05) is 13.4 Å². The van der Waals surface area contributed by atoms with Crippen molar-refractivity contribution in [3.8, 4) is 0 Å². The molecule has 2 nitrogen and oxygen atoms in total. The Bertz CT molecular complexity index is 422. The van der Waals surface area contributed by atoms with Gasteiger partial charge in [0.2, 0.25) is 0 Å². The second-order valence-electron chi connectivity index (χ2n) is 6.83. The first-order chi connectivity index (χ1) is 12.3. The largest absolute Gasteiger partial charge is 0.356 e. The quantitative estimate of drug-likeness (QED) is 0.244. The van der Waals surface area contributed by atoms with Gasteiger partial charge < -0.3 is 9.47 Å². The zero-order valence-electron chi connectivity index (χ0n) is 16.3. The summed E-state index contributed by atoms with van der Waals surface area (Å²) in [4.78, 5) is 0. The smallest absolute Gasteiger partial charge is 0.147 e. The molecule has 1 aromatic carbocycles. The minimum absolute atomic E-state index is 0.148. The third-order valence-electron chi connectivity index (χ3n) is 4.60. The molecule has 0 fully saturated rings. The molecule has 0 aliphatic carbocycles. The van der Waals surface area contributed by atoms with E-state index in [-0.39, 0.29) is 11.9 Å². The molecule has 0 bridgehead atoms. The predicted octanol–water partition coefficient (Wildman–Crippen LogP) is 6.67. The van der Waals surface area contributed by atoms with Gasteiger partial charge in [-0.3, -0.25) is 0 Å².